The fraction of sp³-hybridized carbons (Fsp3) is 0.471. The van der Waals surface area contributed by atoms with E-state index in [4.69, 9.17) is 0 Å². The third kappa shape index (κ3) is 3.26. The first-order chi connectivity index (χ1) is 11.4. The molecule has 6 nitrogen and oxygen atoms in total. The maximum atomic E-state index is 12.6. The van der Waals surface area contributed by atoms with Crippen molar-refractivity contribution in [3.63, 3.8) is 0 Å². The molecule has 0 aromatic heterocycles. The summed E-state index contributed by atoms with van der Waals surface area (Å²) in [6.07, 6.45) is 2.98. The highest BCUT2D eigenvalue weighted by atomic mass is 32.2. The zero-order valence-corrected chi connectivity index (χ0v) is 14.2. The molecule has 1 aromatic carbocycles. The molecule has 1 saturated carbocycles. The maximum Gasteiger partial charge on any atom is 0.308 e. The minimum Gasteiger partial charge on any atom is -0.481 e. The fourth-order valence-electron chi connectivity index (χ4n) is 3.43. The molecule has 0 radical (unpaired) electrons. The van der Waals surface area contributed by atoms with Crippen LogP contribution >= 0.6 is 11.8 Å². The van der Waals surface area contributed by atoms with Gasteiger partial charge in [0.2, 0.25) is 5.91 Å². The van der Waals surface area contributed by atoms with Crippen LogP contribution in [-0.2, 0) is 9.59 Å². The molecule has 1 aromatic rings. The first kappa shape index (κ1) is 16.8. The predicted molar refractivity (Wildman–Crippen MR) is 91.3 cm³/mol. The molecule has 1 aliphatic carbocycles. The Bertz CT molecular complexity index is 706. The molecule has 0 bridgehead atoms. The number of amides is 2. The third-order valence-electron chi connectivity index (χ3n) is 4.78. The number of fused-ring (bicyclic) bond motifs is 1. The topological polar surface area (TPSA) is 95.5 Å². The van der Waals surface area contributed by atoms with Gasteiger partial charge in [-0.25, -0.2) is 0 Å². The van der Waals surface area contributed by atoms with Crippen molar-refractivity contribution in [2.45, 2.75) is 43.0 Å². The van der Waals surface area contributed by atoms with E-state index in [2.05, 4.69) is 10.6 Å². The number of carboxylic acid groups (broad SMARTS) is 1. The van der Waals surface area contributed by atoms with Crippen molar-refractivity contribution in [1.82, 2.24) is 5.32 Å². The number of hydrogen-bond acceptors (Lipinski definition) is 4. The Balaban J connectivity index is 1.80. The molecule has 0 saturated heterocycles. The number of carbonyl (C=O) groups excluding carboxylic acids is 2. The Labute approximate surface area is 144 Å². The Morgan fingerprint density at radius 3 is 2.92 bits per heavy atom. The monoisotopic (exact) mass is 348 g/mol. The van der Waals surface area contributed by atoms with Gasteiger partial charge in [-0.15, -0.1) is 11.8 Å². The van der Waals surface area contributed by atoms with Gasteiger partial charge in [-0.3, -0.25) is 14.4 Å². The second-order valence-electron chi connectivity index (χ2n) is 6.56. The van der Waals surface area contributed by atoms with Crippen LogP contribution in [-0.4, -0.2) is 34.2 Å². The molecule has 2 aliphatic rings. The van der Waals surface area contributed by atoms with Crippen LogP contribution in [0.15, 0.2) is 23.1 Å². The molecule has 1 heterocycles. The zero-order chi connectivity index (χ0) is 17.3. The average molecular weight is 348 g/mol. The van der Waals surface area contributed by atoms with Gasteiger partial charge in [0.15, 0.2) is 0 Å². The fourth-order valence-corrected chi connectivity index (χ4v) is 4.22. The lowest BCUT2D eigenvalue weighted by Crippen LogP contribution is -2.55. The van der Waals surface area contributed by atoms with Crippen LogP contribution in [0.1, 0.15) is 43.0 Å². The standard InChI is InChI=1S/C17H20N2O4S/c1-17(7-3-2-4-11(17)16(22)23)19-15(21)10-5-6-13-12(8-10)18-14(20)9-24-13/h5-6,8,11H,2-4,7,9H2,1H3,(H,18,20)(H,19,21)(H,22,23). The van der Waals surface area contributed by atoms with Gasteiger partial charge in [0.1, 0.15) is 0 Å². The second-order valence-corrected chi connectivity index (χ2v) is 7.57. The molecular weight excluding hydrogens is 328 g/mol. The van der Waals surface area contributed by atoms with Crippen molar-refractivity contribution in [1.29, 1.82) is 0 Å². The summed E-state index contributed by atoms with van der Waals surface area (Å²) in [4.78, 5) is 36.6. The van der Waals surface area contributed by atoms with Gasteiger partial charge in [0.05, 0.1) is 22.9 Å². The molecule has 24 heavy (non-hydrogen) atoms. The highest BCUT2D eigenvalue weighted by molar-refractivity contribution is 8.00. The van der Waals surface area contributed by atoms with Gasteiger partial charge in [0.25, 0.3) is 5.91 Å². The molecule has 2 atom stereocenters. The van der Waals surface area contributed by atoms with Gasteiger partial charge in [0, 0.05) is 10.5 Å². The molecule has 128 valence electrons. The predicted octanol–water partition coefficient (Wildman–Crippen LogP) is 2.49. The molecular formula is C17H20N2O4S. The van der Waals surface area contributed by atoms with Crippen molar-refractivity contribution >= 4 is 35.2 Å². The van der Waals surface area contributed by atoms with E-state index in [1.165, 1.54) is 11.8 Å². The van der Waals surface area contributed by atoms with E-state index >= 15 is 0 Å². The van der Waals surface area contributed by atoms with Crippen molar-refractivity contribution < 1.29 is 19.5 Å². The highest BCUT2D eigenvalue weighted by Gasteiger charge is 2.42. The molecule has 0 spiro atoms. The number of hydrogen-bond donors (Lipinski definition) is 3. The summed E-state index contributed by atoms with van der Waals surface area (Å²) in [7, 11) is 0. The molecule has 1 fully saturated rings. The van der Waals surface area contributed by atoms with Crippen molar-refractivity contribution in [2.24, 2.45) is 5.92 Å². The highest BCUT2D eigenvalue weighted by Crippen LogP contribution is 2.35. The number of benzene rings is 1. The first-order valence-corrected chi connectivity index (χ1v) is 9.00. The number of thioether (sulfide) groups is 1. The molecule has 2 amide bonds. The first-order valence-electron chi connectivity index (χ1n) is 8.01. The van der Waals surface area contributed by atoms with E-state index in [1.807, 2.05) is 6.07 Å². The minimum atomic E-state index is -0.869. The molecule has 3 N–H and O–H groups in total. The Morgan fingerprint density at radius 2 is 2.17 bits per heavy atom. The number of aliphatic carboxylic acids is 1. The third-order valence-corrected chi connectivity index (χ3v) is 5.85. The number of rotatable bonds is 3. The summed E-state index contributed by atoms with van der Waals surface area (Å²) >= 11 is 1.43. The van der Waals surface area contributed by atoms with Crippen LogP contribution in [0.5, 0.6) is 0 Å². The zero-order valence-electron chi connectivity index (χ0n) is 13.4. The normalized spacial score (nSPS) is 26.2. The van der Waals surface area contributed by atoms with E-state index < -0.39 is 17.4 Å². The number of nitrogens with one attached hydrogen (secondary N) is 2. The van der Waals surface area contributed by atoms with Crippen molar-refractivity contribution in [2.75, 3.05) is 11.1 Å². The van der Waals surface area contributed by atoms with Crippen LogP contribution < -0.4 is 10.6 Å². The lowest BCUT2D eigenvalue weighted by atomic mass is 9.73. The summed E-state index contributed by atoms with van der Waals surface area (Å²) in [6.45, 7) is 1.80. The smallest absolute Gasteiger partial charge is 0.308 e. The van der Waals surface area contributed by atoms with E-state index in [9.17, 15) is 19.5 Å². The van der Waals surface area contributed by atoms with Gasteiger partial charge in [-0.2, -0.15) is 0 Å². The molecule has 3 rings (SSSR count). The Kier molecular flexibility index (Phi) is 4.54. The quantitative estimate of drug-likeness (QED) is 0.780. The van der Waals surface area contributed by atoms with E-state index in [0.717, 1.165) is 17.7 Å². The Morgan fingerprint density at radius 1 is 1.38 bits per heavy atom. The molecule has 1 aliphatic heterocycles. The Hall–Kier alpha value is -2.02. The van der Waals surface area contributed by atoms with Gasteiger partial charge >= 0.3 is 5.97 Å². The maximum absolute atomic E-state index is 12.6. The van der Waals surface area contributed by atoms with E-state index in [1.54, 1.807) is 19.1 Å². The lowest BCUT2D eigenvalue weighted by molar-refractivity contribution is -0.145. The summed E-state index contributed by atoms with van der Waals surface area (Å²) in [5, 5.41) is 15.1. The van der Waals surface area contributed by atoms with Crippen LogP contribution in [0.25, 0.3) is 0 Å². The molecule has 7 heteroatoms. The van der Waals surface area contributed by atoms with Crippen LogP contribution in [0, 0.1) is 5.92 Å². The number of anilines is 1. The number of carbonyl (C=O) groups is 3. The van der Waals surface area contributed by atoms with Crippen LogP contribution in [0.3, 0.4) is 0 Å². The summed E-state index contributed by atoms with van der Waals surface area (Å²) in [5.74, 6) is -1.47. The summed E-state index contributed by atoms with van der Waals surface area (Å²) in [6, 6.07) is 5.17. The summed E-state index contributed by atoms with van der Waals surface area (Å²) in [5.41, 5.74) is 0.301. The lowest BCUT2D eigenvalue weighted by Gasteiger charge is -2.39. The van der Waals surface area contributed by atoms with Gasteiger partial charge in [-0.1, -0.05) is 12.8 Å². The van der Waals surface area contributed by atoms with Gasteiger partial charge in [-0.05, 0) is 38.0 Å². The van der Waals surface area contributed by atoms with Crippen LogP contribution in [0.4, 0.5) is 5.69 Å². The summed E-state index contributed by atoms with van der Waals surface area (Å²) < 4.78 is 0. The second kappa shape index (κ2) is 6.47. The largest absolute Gasteiger partial charge is 0.481 e. The van der Waals surface area contributed by atoms with E-state index in [0.29, 0.717) is 29.8 Å². The van der Waals surface area contributed by atoms with Crippen LogP contribution in [0.2, 0.25) is 0 Å². The SMILES string of the molecule is CC1(NC(=O)c2ccc3c(c2)NC(=O)CS3)CCCCC1C(=O)O. The van der Waals surface area contributed by atoms with Crippen molar-refractivity contribution in [3.8, 4) is 0 Å². The minimum absolute atomic E-state index is 0.0877. The van der Waals surface area contributed by atoms with Gasteiger partial charge < -0.3 is 15.7 Å². The van der Waals surface area contributed by atoms with E-state index in [-0.39, 0.29) is 11.8 Å². The number of carboxylic acids is 1. The van der Waals surface area contributed by atoms with Crippen molar-refractivity contribution in [3.05, 3.63) is 23.8 Å². The average Bonchev–Trinajstić information content (AvgIpc) is 2.53. The molecule has 2 unspecified atom stereocenters.